The highest BCUT2D eigenvalue weighted by Gasteiger charge is 2.31. The molecule has 4 rings (SSSR count). The van der Waals surface area contributed by atoms with E-state index >= 15 is 0 Å². The Morgan fingerprint density at radius 3 is 2.55 bits per heavy atom. The molecule has 2 aromatic rings. The summed E-state index contributed by atoms with van der Waals surface area (Å²) in [5.41, 5.74) is 1.09. The molecule has 1 unspecified atom stereocenters. The molecule has 1 fully saturated rings. The Labute approximate surface area is 180 Å². The van der Waals surface area contributed by atoms with E-state index in [-0.39, 0.29) is 29.4 Å². The molecule has 2 aliphatic heterocycles. The monoisotopic (exact) mass is 445 g/mol. The van der Waals surface area contributed by atoms with E-state index in [1.165, 1.54) is 38.4 Å². The van der Waals surface area contributed by atoms with Gasteiger partial charge in [-0.3, -0.25) is 9.59 Å². The van der Waals surface area contributed by atoms with Crippen molar-refractivity contribution in [3.63, 3.8) is 0 Å². The average molecular weight is 445 g/mol. The van der Waals surface area contributed by atoms with E-state index in [0.717, 1.165) is 9.99 Å². The quantitative estimate of drug-likeness (QED) is 0.722. The van der Waals surface area contributed by atoms with Gasteiger partial charge in [-0.25, -0.2) is 12.7 Å². The molecule has 164 valence electrons. The first-order valence-electron chi connectivity index (χ1n) is 9.76. The molecule has 31 heavy (non-hydrogen) atoms. The van der Waals surface area contributed by atoms with Crippen LogP contribution in [0.5, 0.6) is 11.5 Å². The van der Waals surface area contributed by atoms with E-state index in [0.29, 0.717) is 36.6 Å². The number of nitrogens with zero attached hydrogens (tertiary/aromatic N) is 2. The van der Waals surface area contributed by atoms with Gasteiger partial charge in [-0.05, 0) is 36.4 Å². The zero-order valence-corrected chi connectivity index (χ0v) is 18.0. The smallest absolute Gasteiger partial charge is 0.251 e. The summed E-state index contributed by atoms with van der Waals surface area (Å²) in [6.45, 7) is 0.992. The Morgan fingerprint density at radius 2 is 1.84 bits per heavy atom. The van der Waals surface area contributed by atoms with Crippen molar-refractivity contribution in [2.24, 2.45) is 5.92 Å². The van der Waals surface area contributed by atoms with Crippen LogP contribution in [-0.2, 0) is 14.8 Å². The van der Waals surface area contributed by atoms with Gasteiger partial charge in [0, 0.05) is 56.8 Å². The maximum absolute atomic E-state index is 12.5. The molecule has 1 atom stereocenters. The number of fused-ring (bicyclic) bond motifs is 1. The molecule has 0 spiro atoms. The largest absolute Gasteiger partial charge is 0.454 e. The molecule has 1 saturated heterocycles. The Morgan fingerprint density at radius 1 is 1.13 bits per heavy atom. The normalized spacial score (nSPS) is 18.0. The number of hydrogen-bond acceptors (Lipinski definition) is 6. The van der Waals surface area contributed by atoms with Crippen LogP contribution in [0.4, 0.5) is 5.69 Å². The minimum atomic E-state index is -3.55. The van der Waals surface area contributed by atoms with Crippen molar-refractivity contribution < 1.29 is 27.5 Å². The van der Waals surface area contributed by atoms with Gasteiger partial charge in [0.1, 0.15) is 0 Å². The lowest BCUT2D eigenvalue weighted by Crippen LogP contribution is -2.31. The second-order valence-electron chi connectivity index (χ2n) is 7.63. The molecule has 2 amide bonds. The number of amides is 2. The molecule has 1 N–H and O–H groups in total. The van der Waals surface area contributed by atoms with Gasteiger partial charge in [0.05, 0.1) is 4.90 Å². The lowest BCUT2D eigenvalue weighted by atomic mass is 10.1. The number of benzene rings is 2. The van der Waals surface area contributed by atoms with Gasteiger partial charge in [-0.15, -0.1) is 0 Å². The minimum absolute atomic E-state index is 0.0173. The molecule has 0 radical (unpaired) electrons. The number of hydrogen-bond donors (Lipinski definition) is 1. The Bertz CT molecular complexity index is 1110. The summed E-state index contributed by atoms with van der Waals surface area (Å²) in [7, 11) is -0.645. The topological polar surface area (TPSA) is 105 Å². The Hall–Kier alpha value is -3.11. The van der Waals surface area contributed by atoms with Gasteiger partial charge in [-0.1, -0.05) is 0 Å². The predicted molar refractivity (Wildman–Crippen MR) is 113 cm³/mol. The molecule has 0 aromatic heterocycles. The third-order valence-corrected chi connectivity index (χ3v) is 7.15. The zero-order chi connectivity index (χ0) is 22.2. The van der Waals surface area contributed by atoms with Crippen LogP contribution in [0.1, 0.15) is 16.8 Å². The second kappa shape index (κ2) is 8.20. The highest BCUT2D eigenvalue weighted by atomic mass is 32.2. The summed E-state index contributed by atoms with van der Waals surface area (Å²) in [5.74, 6) is 0.903. The number of ether oxygens (including phenoxy) is 2. The molecular weight excluding hydrogens is 422 g/mol. The van der Waals surface area contributed by atoms with E-state index in [4.69, 9.17) is 9.47 Å². The van der Waals surface area contributed by atoms with E-state index in [1.54, 1.807) is 17.0 Å². The molecule has 2 aliphatic rings. The summed E-state index contributed by atoms with van der Waals surface area (Å²) in [6.07, 6.45) is 0.328. The van der Waals surface area contributed by atoms with Crippen molar-refractivity contribution in [2.75, 3.05) is 38.9 Å². The second-order valence-corrected chi connectivity index (χ2v) is 9.79. The van der Waals surface area contributed by atoms with Crippen molar-refractivity contribution in [3.8, 4) is 11.5 Å². The van der Waals surface area contributed by atoms with Gasteiger partial charge in [0.25, 0.3) is 5.91 Å². The molecule has 0 aliphatic carbocycles. The standard InChI is InChI=1S/C21H23N3O6S/c1-23(2)31(27,28)17-6-3-15(4-7-17)21(26)22-11-14-9-20(25)24(12-14)16-5-8-18-19(10-16)30-13-29-18/h3-8,10,14H,9,11-13H2,1-2H3,(H,22,26). The summed E-state index contributed by atoms with van der Waals surface area (Å²) in [4.78, 5) is 26.7. The van der Waals surface area contributed by atoms with E-state index in [2.05, 4.69) is 5.32 Å². The molecule has 2 heterocycles. The third kappa shape index (κ3) is 4.21. The van der Waals surface area contributed by atoms with Crippen LogP contribution in [0.3, 0.4) is 0 Å². The van der Waals surface area contributed by atoms with Crippen LogP contribution in [0, 0.1) is 5.92 Å². The van der Waals surface area contributed by atoms with Crippen LogP contribution in [0.25, 0.3) is 0 Å². The maximum Gasteiger partial charge on any atom is 0.251 e. The summed E-state index contributed by atoms with van der Waals surface area (Å²) in [5, 5.41) is 2.83. The van der Waals surface area contributed by atoms with Gasteiger partial charge < -0.3 is 19.7 Å². The summed E-state index contributed by atoms with van der Waals surface area (Å²) in [6, 6.07) is 11.1. The van der Waals surface area contributed by atoms with E-state index in [9.17, 15) is 18.0 Å². The summed E-state index contributed by atoms with van der Waals surface area (Å²) < 4.78 is 36.0. The fourth-order valence-electron chi connectivity index (χ4n) is 3.55. The predicted octanol–water partition coefficient (Wildman–Crippen LogP) is 1.45. The molecule has 0 bridgehead atoms. The van der Waals surface area contributed by atoms with Gasteiger partial charge in [-0.2, -0.15) is 0 Å². The van der Waals surface area contributed by atoms with Crippen LogP contribution in [0.15, 0.2) is 47.4 Å². The fraction of sp³-hybridized carbons (Fsp3) is 0.333. The van der Waals surface area contributed by atoms with Crippen molar-refractivity contribution in [2.45, 2.75) is 11.3 Å². The average Bonchev–Trinajstić information content (AvgIpc) is 3.37. The first kappa shape index (κ1) is 21.1. The van der Waals surface area contributed by atoms with Crippen LogP contribution in [0.2, 0.25) is 0 Å². The number of rotatable bonds is 6. The zero-order valence-electron chi connectivity index (χ0n) is 17.2. The van der Waals surface area contributed by atoms with Gasteiger partial charge in [0.15, 0.2) is 11.5 Å². The van der Waals surface area contributed by atoms with E-state index < -0.39 is 10.0 Å². The Kier molecular flexibility index (Phi) is 5.59. The third-order valence-electron chi connectivity index (χ3n) is 5.32. The lowest BCUT2D eigenvalue weighted by molar-refractivity contribution is -0.117. The minimum Gasteiger partial charge on any atom is -0.454 e. The van der Waals surface area contributed by atoms with Crippen LogP contribution in [-0.4, -0.2) is 58.5 Å². The number of carbonyl (C=O) groups excluding carboxylic acids is 2. The molecular formula is C21H23N3O6S. The van der Waals surface area contributed by atoms with E-state index in [1.807, 2.05) is 6.07 Å². The van der Waals surface area contributed by atoms with Gasteiger partial charge >= 0.3 is 0 Å². The first-order chi connectivity index (χ1) is 14.8. The molecule has 10 heteroatoms. The van der Waals surface area contributed by atoms with Crippen LogP contribution < -0.4 is 19.7 Å². The highest BCUT2D eigenvalue weighted by Crippen LogP contribution is 2.37. The number of carbonyl (C=O) groups is 2. The van der Waals surface area contributed by atoms with Crippen molar-refractivity contribution in [1.82, 2.24) is 9.62 Å². The first-order valence-corrected chi connectivity index (χ1v) is 11.2. The van der Waals surface area contributed by atoms with Crippen molar-refractivity contribution in [3.05, 3.63) is 48.0 Å². The van der Waals surface area contributed by atoms with Crippen molar-refractivity contribution in [1.29, 1.82) is 0 Å². The van der Waals surface area contributed by atoms with Crippen molar-refractivity contribution >= 4 is 27.5 Å². The fourth-order valence-corrected chi connectivity index (χ4v) is 4.45. The SMILES string of the molecule is CN(C)S(=O)(=O)c1ccc(C(=O)NCC2CC(=O)N(c3ccc4c(c3)OCO4)C2)cc1. The molecule has 9 nitrogen and oxygen atoms in total. The number of nitrogens with one attached hydrogen (secondary N) is 1. The molecule has 0 saturated carbocycles. The Balaban J connectivity index is 1.35. The van der Waals surface area contributed by atoms with Crippen LogP contribution >= 0.6 is 0 Å². The number of sulfonamides is 1. The summed E-state index contributed by atoms with van der Waals surface area (Å²) >= 11 is 0. The highest BCUT2D eigenvalue weighted by molar-refractivity contribution is 7.89. The lowest BCUT2D eigenvalue weighted by Gasteiger charge is -2.17. The number of anilines is 1. The van der Waals surface area contributed by atoms with Gasteiger partial charge in [0.2, 0.25) is 22.7 Å². The maximum atomic E-state index is 12.5. The molecule has 2 aromatic carbocycles.